The lowest BCUT2D eigenvalue weighted by molar-refractivity contribution is -0.393. The quantitative estimate of drug-likeness (QED) is 0.358. The van der Waals surface area contributed by atoms with Crippen molar-refractivity contribution in [2.45, 2.75) is 41.7 Å². The van der Waals surface area contributed by atoms with Crippen LogP contribution in [-0.4, -0.2) is 27.9 Å². The van der Waals surface area contributed by atoms with Gasteiger partial charge in [-0.2, -0.15) is 35.1 Å². The van der Waals surface area contributed by atoms with Crippen molar-refractivity contribution in [3.05, 3.63) is 0 Å². The largest absolute Gasteiger partial charge is 0.457 e. The van der Waals surface area contributed by atoms with Gasteiger partial charge in [-0.05, 0) is 0 Å². The van der Waals surface area contributed by atoms with E-state index in [4.69, 9.17) is 0 Å². The van der Waals surface area contributed by atoms with Crippen LogP contribution in [0.1, 0.15) is 13.8 Å². The minimum Gasteiger partial charge on any atom is -0.226 e. The van der Waals surface area contributed by atoms with Gasteiger partial charge in [0.1, 0.15) is 0 Å². The first-order valence-corrected chi connectivity index (χ1v) is 5.69. The van der Waals surface area contributed by atoms with Gasteiger partial charge in [0.15, 0.2) is 0 Å². The SMILES string of the molecule is CC(I)C(C)C(F)(C(F)(F)F)C(F)(F)C(F)(F)F. The lowest BCUT2D eigenvalue weighted by Gasteiger charge is -2.40. The van der Waals surface area contributed by atoms with E-state index in [1.807, 2.05) is 0 Å². The molecule has 0 aromatic heterocycles. The highest BCUT2D eigenvalue weighted by Gasteiger charge is 2.82. The average Bonchev–Trinajstić information content (AvgIpc) is 2.11. The van der Waals surface area contributed by atoms with Gasteiger partial charge < -0.3 is 0 Å². The molecule has 0 amide bonds. The fourth-order valence-corrected chi connectivity index (χ4v) is 1.74. The standard InChI is InChI=1S/C8H8F9I/c1-3(4(2)18)5(9,7(12,13)14)6(10,11)8(15,16)17/h3-4H,1-2H3. The summed E-state index contributed by atoms with van der Waals surface area (Å²) >= 11 is 1.16. The molecule has 0 fully saturated rings. The number of rotatable bonds is 3. The molecule has 0 saturated carbocycles. The van der Waals surface area contributed by atoms with Gasteiger partial charge >= 0.3 is 18.3 Å². The first kappa shape index (κ1) is 18.1. The molecule has 0 aliphatic heterocycles. The van der Waals surface area contributed by atoms with E-state index in [9.17, 15) is 39.5 Å². The third-order valence-electron chi connectivity index (χ3n) is 2.54. The maximum absolute atomic E-state index is 13.6. The Bertz CT molecular complexity index is 292. The molecule has 10 heteroatoms. The summed E-state index contributed by atoms with van der Waals surface area (Å²) in [5.41, 5.74) is -5.67. The van der Waals surface area contributed by atoms with Crippen molar-refractivity contribution in [1.29, 1.82) is 0 Å². The van der Waals surface area contributed by atoms with Gasteiger partial charge in [-0.1, -0.05) is 36.4 Å². The van der Waals surface area contributed by atoms with Gasteiger partial charge in [-0.25, -0.2) is 4.39 Å². The highest BCUT2D eigenvalue weighted by molar-refractivity contribution is 14.1. The molecular formula is C8H8F9I. The molecule has 0 aromatic carbocycles. The molecular weight excluding hydrogens is 394 g/mol. The fraction of sp³-hybridized carbons (Fsp3) is 1.00. The van der Waals surface area contributed by atoms with Gasteiger partial charge in [-0.3, -0.25) is 0 Å². The van der Waals surface area contributed by atoms with Crippen molar-refractivity contribution in [2.24, 2.45) is 5.92 Å². The molecule has 0 saturated heterocycles. The Hall–Kier alpha value is 0.1000. The van der Waals surface area contributed by atoms with Crippen molar-refractivity contribution in [3.8, 4) is 0 Å². The Morgan fingerprint density at radius 2 is 1.06 bits per heavy atom. The van der Waals surface area contributed by atoms with E-state index in [0.29, 0.717) is 6.92 Å². The summed E-state index contributed by atoms with van der Waals surface area (Å²) in [6.07, 6.45) is -13.0. The summed E-state index contributed by atoms with van der Waals surface area (Å²) in [6, 6.07) is 0. The van der Waals surface area contributed by atoms with Crippen LogP contribution in [0.3, 0.4) is 0 Å². The summed E-state index contributed by atoms with van der Waals surface area (Å²) in [5.74, 6) is -9.09. The molecule has 3 unspecified atom stereocenters. The number of halogens is 10. The van der Waals surface area contributed by atoms with Crippen molar-refractivity contribution in [3.63, 3.8) is 0 Å². The molecule has 0 aliphatic rings. The highest BCUT2D eigenvalue weighted by Crippen LogP contribution is 2.57. The Labute approximate surface area is 110 Å². The molecule has 0 N–H and O–H groups in total. The third-order valence-corrected chi connectivity index (χ3v) is 3.62. The molecule has 110 valence electrons. The van der Waals surface area contributed by atoms with Crippen LogP contribution >= 0.6 is 22.6 Å². The second-order valence-corrected chi connectivity index (χ2v) is 5.71. The van der Waals surface area contributed by atoms with Crippen LogP contribution in [0.4, 0.5) is 39.5 Å². The maximum Gasteiger partial charge on any atom is 0.457 e. The van der Waals surface area contributed by atoms with Crippen LogP contribution in [0.5, 0.6) is 0 Å². The molecule has 0 rings (SSSR count). The van der Waals surface area contributed by atoms with E-state index in [1.54, 1.807) is 0 Å². The van der Waals surface area contributed by atoms with Gasteiger partial charge in [0.25, 0.3) is 5.67 Å². The van der Waals surface area contributed by atoms with E-state index >= 15 is 0 Å². The lowest BCUT2D eigenvalue weighted by Crippen LogP contribution is -2.66. The maximum atomic E-state index is 13.6. The summed E-state index contributed by atoms with van der Waals surface area (Å²) in [6.45, 7) is 1.28. The summed E-state index contributed by atoms with van der Waals surface area (Å²) in [4.78, 5) is 0. The normalized spacial score (nSPS) is 21.3. The van der Waals surface area contributed by atoms with E-state index in [1.165, 1.54) is 0 Å². The highest BCUT2D eigenvalue weighted by atomic mass is 127. The van der Waals surface area contributed by atoms with Crippen LogP contribution in [0.15, 0.2) is 0 Å². The number of hydrogen-bond acceptors (Lipinski definition) is 0. The van der Waals surface area contributed by atoms with Gasteiger partial charge in [0.2, 0.25) is 0 Å². The van der Waals surface area contributed by atoms with Crippen LogP contribution < -0.4 is 0 Å². The van der Waals surface area contributed by atoms with Crippen LogP contribution in [0, 0.1) is 5.92 Å². The first-order chi connectivity index (χ1) is 7.60. The molecule has 18 heavy (non-hydrogen) atoms. The van der Waals surface area contributed by atoms with Gasteiger partial charge in [0.05, 0.1) is 0 Å². The monoisotopic (exact) mass is 402 g/mol. The molecule has 0 aromatic rings. The number of alkyl halides is 10. The second-order valence-electron chi connectivity index (χ2n) is 3.75. The molecule has 0 nitrogen and oxygen atoms in total. The zero-order valence-electron chi connectivity index (χ0n) is 8.93. The summed E-state index contributed by atoms with van der Waals surface area (Å²) in [5, 5.41) is 0. The van der Waals surface area contributed by atoms with E-state index in [-0.39, 0.29) is 0 Å². The van der Waals surface area contributed by atoms with Crippen LogP contribution in [0.25, 0.3) is 0 Å². The zero-order valence-corrected chi connectivity index (χ0v) is 11.1. The Balaban J connectivity index is 5.96. The van der Waals surface area contributed by atoms with Crippen molar-refractivity contribution >= 4 is 22.6 Å². The topological polar surface area (TPSA) is 0 Å². The Morgan fingerprint density at radius 3 is 1.22 bits per heavy atom. The summed E-state index contributed by atoms with van der Waals surface area (Å²) in [7, 11) is 0. The minimum atomic E-state index is -6.63. The van der Waals surface area contributed by atoms with Gasteiger partial charge in [-0.15, -0.1) is 0 Å². The van der Waals surface area contributed by atoms with Crippen molar-refractivity contribution < 1.29 is 39.5 Å². The lowest BCUT2D eigenvalue weighted by atomic mass is 9.82. The predicted octanol–water partition coefficient (Wildman–Crippen LogP) is 4.91. The molecule has 0 spiro atoms. The Kier molecular flexibility index (Phi) is 4.92. The van der Waals surface area contributed by atoms with Crippen molar-refractivity contribution in [2.75, 3.05) is 0 Å². The zero-order chi connectivity index (χ0) is 15.2. The fourth-order valence-electron chi connectivity index (χ4n) is 1.24. The first-order valence-electron chi connectivity index (χ1n) is 4.45. The third kappa shape index (κ3) is 2.67. The van der Waals surface area contributed by atoms with Crippen LogP contribution in [0.2, 0.25) is 0 Å². The van der Waals surface area contributed by atoms with Gasteiger partial charge in [0, 0.05) is 9.84 Å². The molecule has 3 atom stereocenters. The van der Waals surface area contributed by atoms with E-state index in [0.717, 1.165) is 29.5 Å². The molecule has 0 heterocycles. The molecule has 0 radical (unpaired) electrons. The number of hydrogen-bond donors (Lipinski definition) is 0. The second kappa shape index (κ2) is 4.89. The van der Waals surface area contributed by atoms with Crippen molar-refractivity contribution in [1.82, 2.24) is 0 Å². The van der Waals surface area contributed by atoms with E-state index < -0.39 is 33.8 Å². The Morgan fingerprint density at radius 1 is 0.722 bits per heavy atom. The molecule has 0 bridgehead atoms. The molecule has 0 aliphatic carbocycles. The predicted molar refractivity (Wildman–Crippen MR) is 53.5 cm³/mol. The van der Waals surface area contributed by atoms with E-state index in [2.05, 4.69) is 0 Å². The minimum absolute atomic E-state index is 0.365. The smallest absolute Gasteiger partial charge is 0.226 e. The average molecular weight is 402 g/mol. The van der Waals surface area contributed by atoms with Crippen LogP contribution in [-0.2, 0) is 0 Å². The summed E-state index contributed by atoms with van der Waals surface area (Å²) < 4.78 is 111.